The van der Waals surface area contributed by atoms with Gasteiger partial charge in [0.25, 0.3) is 0 Å². The topological polar surface area (TPSA) is 109 Å². The minimum absolute atomic E-state index is 0.107. The smallest absolute Gasteiger partial charge is 0.469 e. The monoisotopic (exact) mass is 645 g/mol. The first-order chi connectivity index (χ1) is 20.4. The van der Waals surface area contributed by atoms with Gasteiger partial charge in [0.15, 0.2) is 0 Å². The van der Waals surface area contributed by atoms with Crippen LogP contribution in [0.2, 0.25) is 0 Å². The van der Waals surface area contributed by atoms with Gasteiger partial charge in [0.2, 0.25) is 0 Å². The van der Waals surface area contributed by atoms with Gasteiger partial charge < -0.3 is 13.7 Å². The zero-order valence-electron chi connectivity index (χ0n) is 24.8. The molecule has 240 valence electrons. The van der Waals surface area contributed by atoms with Crippen molar-refractivity contribution in [1.29, 1.82) is 0 Å². The number of carbonyl (C=O) groups is 2. The third kappa shape index (κ3) is 9.46. The van der Waals surface area contributed by atoms with Gasteiger partial charge in [-0.25, -0.2) is 8.78 Å². The highest BCUT2D eigenvalue weighted by Crippen LogP contribution is 2.35. The van der Waals surface area contributed by atoms with Gasteiger partial charge in [-0.3, -0.25) is 14.6 Å². The van der Waals surface area contributed by atoms with E-state index in [0.717, 1.165) is 29.9 Å². The number of benzene rings is 2. The number of halogens is 5. The lowest BCUT2D eigenvalue weighted by molar-refractivity contribution is -0.140. The maximum Gasteiger partial charge on any atom is 0.534 e. The number of rotatable bonds is 9. The van der Waals surface area contributed by atoms with Gasteiger partial charge in [-0.05, 0) is 58.4 Å². The highest BCUT2D eigenvalue weighted by atomic mass is 32.2. The van der Waals surface area contributed by atoms with Gasteiger partial charge in [0.05, 0.1) is 27.1 Å². The fourth-order valence-corrected chi connectivity index (χ4v) is 4.64. The fourth-order valence-electron chi connectivity index (χ4n) is 4.16. The van der Waals surface area contributed by atoms with Crippen LogP contribution in [0.25, 0.3) is 11.1 Å². The third-order valence-corrected chi connectivity index (χ3v) is 7.22. The summed E-state index contributed by atoms with van der Waals surface area (Å²) >= 11 is 0. The first kappa shape index (κ1) is 36.1. The summed E-state index contributed by atoms with van der Waals surface area (Å²) in [5, 5.41) is 0. The van der Waals surface area contributed by atoms with Gasteiger partial charge in [0.1, 0.15) is 17.4 Å². The molecule has 0 saturated heterocycles. The molecule has 0 aliphatic rings. The van der Waals surface area contributed by atoms with Gasteiger partial charge in [0, 0.05) is 29.6 Å². The normalized spacial score (nSPS) is 11.6. The largest absolute Gasteiger partial charge is 0.534 e. The molecule has 0 aliphatic heterocycles. The summed E-state index contributed by atoms with van der Waals surface area (Å²) in [6.45, 7) is 7.14. The maximum absolute atomic E-state index is 13.9. The summed E-state index contributed by atoms with van der Waals surface area (Å²) in [5.41, 5.74) is -2.62. The van der Waals surface area contributed by atoms with Crippen LogP contribution in [0.3, 0.4) is 0 Å². The van der Waals surface area contributed by atoms with E-state index in [2.05, 4.69) is 13.9 Å². The van der Waals surface area contributed by atoms with Crippen molar-refractivity contribution < 1.29 is 53.6 Å². The fraction of sp³-hybridized carbons (Fsp3) is 0.367. The molecule has 0 atom stereocenters. The van der Waals surface area contributed by atoms with Crippen molar-refractivity contribution >= 4 is 22.1 Å². The Labute approximate surface area is 252 Å². The first-order valence-corrected chi connectivity index (χ1v) is 14.5. The molecule has 1 aromatic heterocycles. The van der Waals surface area contributed by atoms with E-state index in [1.54, 1.807) is 32.3 Å². The Morgan fingerprint density at radius 3 is 1.80 bits per heavy atom. The van der Waals surface area contributed by atoms with Crippen LogP contribution >= 0.6 is 0 Å². The predicted molar refractivity (Wildman–Crippen MR) is 151 cm³/mol. The summed E-state index contributed by atoms with van der Waals surface area (Å²) < 4.78 is 100. The Hall–Kier alpha value is -4.07. The van der Waals surface area contributed by atoms with E-state index in [0.29, 0.717) is 11.6 Å². The molecule has 44 heavy (non-hydrogen) atoms. The lowest BCUT2D eigenvalue weighted by atomic mass is 9.88. The molecule has 0 N–H and O–H groups in total. The molecule has 0 bridgehead atoms. The van der Waals surface area contributed by atoms with Crippen LogP contribution in [0.4, 0.5) is 22.0 Å². The average molecular weight is 646 g/mol. The molecule has 0 saturated carbocycles. The van der Waals surface area contributed by atoms with Gasteiger partial charge >= 0.3 is 27.6 Å². The lowest BCUT2D eigenvalue weighted by Gasteiger charge is -2.18. The predicted octanol–water partition coefficient (Wildman–Crippen LogP) is 6.62. The molecular formula is C30H32F5NO7S. The second kappa shape index (κ2) is 15.1. The summed E-state index contributed by atoms with van der Waals surface area (Å²) in [5.74, 6) is -3.67. The van der Waals surface area contributed by atoms with E-state index in [1.807, 2.05) is 19.9 Å². The van der Waals surface area contributed by atoms with Crippen molar-refractivity contribution in [1.82, 2.24) is 4.98 Å². The maximum atomic E-state index is 13.9. The molecule has 0 amide bonds. The van der Waals surface area contributed by atoms with Crippen LogP contribution in [0.1, 0.15) is 61.8 Å². The third-order valence-electron chi connectivity index (χ3n) is 6.25. The zero-order valence-corrected chi connectivity index (χ0v) is 25.6. The van der Waals surface area contributed by atoms with Crippen LogP contribution in [0.5, 0.6) is 5.75 Å². The number of alkyl halides is 3. The number of nitrogens with zero attached hydrogens (tertiary/aromatic N) is 1. The van der Waals surface area contributed by atoms with Crippen LogP contribution in [0.15, 0.2) is 48.8 Å². The Bertz CT molecular complexity index is 1570. The molecule has 2 aromatic carbocycles. The van der Waals surface area contributed by atoms with Crippen molar-refractivity contribution in [2.45, 2.75) is 57.9 Å². The van der Waals surface area contributed by atoms with Crippen molar-refractivity contribution in [3.05, 3.63) is 82.7 Å². The number of hydrogen-bond donors (Lipinski definition) is 0. The molecule has 3 aromatic rings. The lowest BCUT2D eigenvalue weighted by Crippen LogP contribution is -2.28. The Morgan fingerprint density at radius 2 is 1.34 bits per heavy atom. The SMILES string of the molecule is COC(=O)Cc1c(-c2cccnc2)cc(F)cc1C(C)C.COC(=O)Cc1c(OS(=O)(=O)C(F)(F)F)cc(F)cc1C(C)C. The van der Waals surface area contributed by atoms with Crippen molar-refractivity contribution in [3.8, 4) is 16.9 Å². The number of carbonyl (C=O) groups excluding carboxylic acids is 2. The number of methoxy groups -OCH3 is 2. The van der Waals surface area contributed by atoms with Gasteiger partial charge in [-0.1, -0.05) is 33.8 Å². The number of hydrogen-bond acceptors (Lipinski definition) is 8. The second-order valence-electron chi connectivity index (χ2n) is 10.0. The van der Waals surface area contributed by atoms with Crippen molar-refractivity contribution in [3.63, 3.8) is 0 Å². The van der Waals surface area contributed by atoms with Crippen LogP contribution in [-0.4, -0.2) is 45.1 Å². The molecule has 0 unspecified atom stereocenters. The molecule has 1 heterocycles. The van der Waals surface area contributed by atoms with E-state index < -0.39 is 45.5 Å². The van der Waals surface area contributed by atoms with Gasteiger partial charge in [-0.2, -0.15) is 21.6 Å². The molecule has 0 aliphatic carbocycles. The van der Waals surface area contributed by atoms with Crippen LogP contribution in [-0.2, 0) is 42.0 Å². The number of pyridine rings is 1. The Balaban J connectivity index is 0.000000308. The van der Waals surface area contributed by atoms with Gasteiger partial charge in [-0.15, -0.1) is 0 Å². The highest BCUT2D eigenvalue weighted by molar-refractivity contribution is 7.88. The van der Waals surface area contributed by atoms with Crippen LogP contribution < -0.4 is 4.18 Å². The van der Waals surface area contributed by atoms with Crippen molar-refractivity contribution in [2.75, 3.05) is 14.2 Å². The highest BCUT2D eigenvalue weighted by Gasteiger charge is 2.49. The summed E-state index contributed by atoms with van der Waals surface area (Å²) in [6.07, 6.45) is 2.88. The summed E-state index contributed by atoms with van der Waals surface area (Å²) in [7, 11) is -3.59. The quantitative estimate of drug-likeness (QED) is 0.111. The van der Waals surface area contributed by atoms with E-state index >= 15 is 0 Å². The standard InChI is InChI=1S/C17H18FNO2.C13H14F4O5S/c1-11(2)14-7-13(18)8-15(12-5-4-6-19-10-12)16(14)9-17(20)21-3;1-7(2)9-4-8(14)5-11(10(9)6-12(18)21-3)22-23(19,20)13(15,16)17/h4-8,10-11H,9H2,1-3H3;4-5,7H,6H2,1-3H3. The van der Waals surface area contributed by atoms with E-state index in [-0.39, 0.29) is 35.3 Å². The molecule has 0 spiro atoms. The first-order valence-electron chi connectivity index (χ1n) is 13.1. The van der Waals surface area contributed by atoms with E-state index in [4.69, 9.17) is 4.74 Å². The molecule has 8 nitrogen and oxygen atoms in total. The Kier molecular flexibility index (Phi) is 12.4. The zero-order chi connectivity index (χ0) is 33.4. The number of aromatic nitrogens is 1. The second-order valence-corrected chi connectivity index (χ2v) is 11.6. The van der Waals surface area contributed by atoms with Crippen LogP contribution in [0, 0.1) is 11.6 Å². The van der Waals surface area contributed by atoms with Crippen molar-refractivity contribution in [2.24, 2.45) is 0 Å². The average Bonchev–Trinajstić information content (AvgIpc) is 2.94. The molecular weight excluding hydrogens is 613 g/mol. The molecule has 0 fully saturated rings. The van der Waals surface area contributed by atoms with E-state index in [1.165, 1.54) is 19.2 Å². The minimum Gasteiger partial charge on any atom is -0.469 e. The molecule has 0 radical (unpaired) electrons. The molecule has 3 rings (SSSR count). The summed E-state index contributed by atoms with van der Waals surface area (Å²) in [4.78, 5) is 27.2. The number of esters is 2. The van der Waals surface area contributed by atoms with E-state index in [9.17, 15) is 40.0 Å². The minimum atomic E-state index is -5.99. The number of ether oxygens (including phenoxy) is 2. The Morgan fingerprint density at radius 1 is 0.841 bits per heavy atom. The molecule has 14 heteroatoms. The summed E-state index contributed by atoms with van der Waals surface area (Å²) in [6, 6.07) is 8.05.